The fraction of sp³-hybridized carbons (Fsp3) is 0.706. The van der Waals surface area contributed by atoms with Crippen LogP contribution in [0.15, 0.2) is 23.3 Å². The van der Waals surface area contributed by atoms with Crippen molar-refractivity contribution in [2.75, 3.05) is 20.1 Å². The number of aliphatic hydroxyl groups is 1. The SMILES string of the molecule is CCNC(=NCC1(C)CCCCC1O)N(C)Cc1ccc[nH]1. The fourth-order valence-corrected chi connectivity index (χ4v) is 3.09. The van der Waals surface area contributed by atoms with Crippen LogP contribution in [0.5, 0.6) is 0 Å². The zero-order chi connectivity index (χ0) is 16.0. The Morgan fingerprint density at radius 2 is 2.36 bits per heavy atom. The van der Waals surface area contributed by atoms with Gasteiger partial charge in [0.1, 0.15) is 0 Å². The molecule has 5 heteroatoms. The molecule has 0 saturated heterocycles. The van der Waals surface area contributed by atoms with Gasteiger partial charge in [0.05, 0.1) is 19.2 Å². The highest BCUT2D eigenvalue weighted by Gasteiger charge is 2.35. The van der Waals surface area contributed by atoms with Crippen molar-refractivity contribution in [3.05, 3.63) is 24.0 Å². The van der Waals surface area contributed by atoms with Crippen LogP contribution in [-0.4, -0.2) is 47.2 Å². The van der Waals surface area contributed by atoms with Crippen LogP contribution >= 0.6 is 0 Å². The van der Waals surface area contributed by atoms with Crippen LogP contribution in [0.3, 0.4) is 0 Å². The lowest BCUT2D eigenvalue weighted by molar-refractivity contribution is 0.00705. The number of nitrogens with one attached hydrogen (secondary N) is 2. The number of hydrogen-bond acceptors (Lipinski definition) is 2. The summed E-state index contributed by atoms with van der Waals surface area (Å²) in [4.78, 5) is 10.1. The number of guanidine groups is 1. The number of hydrogen-bond donors (Lipinski definition) is 3. The first-order valence-corrected chi connectivity index (χ1v) is 8.35. The quantitative estimate of drug-likeness (QED) is 0.578. The summed E-state index contributed by atoms with van der Waals surface area (Å²) in [5.41, 5.74) is 1.07. The van der Waals surface area contributed by atoms with E-state index >= 15 is 0 Å². The molecule has 22 heavy (non-hydrogen) atoms. The third kappa shape index (κ3) is 4.26. The second-order valence-corrected chi connectivity index (χ2v) is 6.64. The zero-order valence-electron chi connectivity index (χ0n) is 14.1. The van der Waals surface area contributed by atoms with Gasteiger partial charge in [-0.25, -0.2) is 0 Å². The Morgan fingerprint density at radius 1 is 1.55 bits per heavy atom. The molecule has 3 N–H and O–H groups in total. The van der Waals surface area contributed by atoms with Gasteiger partial charge in [-0.2, -0.15) is 0 Å². The summed E-state index contributed by atoms with van der Waals surface area (Å²) in [7, 11) is 2.04. The number of rotatable bonds is 5. The lowest BCUT2D eigenvalue weighted by Crippen LogP contribution is -2.42. The molecule has 2 atom stereocenters. The lowest BCUT2D eigenvalue weighted by atomic mass is 9.73. The van der Waals surface area contributed by atoms with E-state index in [2.05, 4.69) is 35.1 Å². The molecule has 0 bridgehead atoms. The monoisotopic (exact) mass is 306 g/mol. The van der Waals surface area contributed by atoms with Crippen LogP contribution < -0.4 is 5.32 Å². The summed E-state index contributed by atoms with van der Waals surface area (Å²) in [5.74, 6) is 0.899. The van der Waals surface area contributed by atoms with Gasteiger partial charge in [0.25, 0.3) is 0 Å². The Kier molecular flexibility index (Phi) is 5.89. The third-order valence-electron chi connectivity index (χ3n) is 4.64. The lowest BCUT2D eigenvalue weighted by Gasteiger charge is -2.37. The molecule has 0 amide bonds. The number of nitrogens with zero attached hydrogens (tertiary/aromatic N) is 2. The maximum atomic E-state index is 10.3. The molecule has 124 valence electrons. The summed E-state index contributed by atoms with van der Waals surface area (Å²) in [6.45, 7) is 6.54. The van der Waals surface area contributed by atoms with Crippen molar-refractivity contribution in [3.63, 3.8) is 0 Å². The van der Waals surface area contributed by atoms with Gasteiger partial charge in [-0.3, -0.25) is 4.99 Å². The molecular formula is C17H30N4O. The Hall–Kier alpha value is -1.49. The zero-order valence-corrected chi connectivity index (χ0v) is 14.1. The van der Waals surface area contributed by atoms with Crippen molar-refractivity contribution in [2.24, 2.45) is 10.4 Å². The smallest absolute Gasteiger partial charge is 0.194 e. The molecule has 1 aliphatic carbocycles. The maximum absolute atomic E-state index is 10.3. The first kappa shape index (κ1) is 16.9. The molecule has 1 saturated carbocycles. The standard InChI is InChI=1S/C17H30N4O/c1-4-18-16(21(3)12-14-8-7-11-19-14)20-13-17(2)10-6-5-9-15(17)22/h7-8,11,15,19,22H,4-6,9-10,12-13H2,1-3H3,(H,18,20). The van der Waals surface area contributed by atoms with Gasteiger partial charge in [0, 0.05) is 30.9 Å². The second kappa shape index (κ2) is 7.68. The van der Waals surface area contributed by atoms with E-state index in [1.54, 1.807) is 0 Å². The molecule has 5 nitrogen and oxygen atoms in total. The maximum Gasteiger partial charge on any atom is 0.194 e. The number of aromatic nitrogens is 1. The van der Waals surface area contributed by atoms with Gasteiger partial charge < -0.3 is 20.3 Å². The Balaban J connectivity index is 2.02. The molecule has 1 aromatic rings. The minimum Gasteiger partial charge on any atom is -0.392 e. The molecule has 1 heterocycles. The van der Waals surface area contributed by atoms with Crippen LogP contribution in [-0.2, 0) is 6.54 Å². The molecular weight excluding hydrogens is 276 g/mol. The molecule has 0 aliphatic heterocycles. The van der Waals surface area contributed by atoms with E-state index in [0.29, 0.717) is 6.54 Å². The first-order chi connectivity index (χ1) is 10.5. The number of H-pyrrole nitrogens is 1. The summed E-state index contributed by atoms with van der Waals surface area (Å²) < 4.78 is 0. The summed E-state index contributed by atoms with van der Waals surface area (Å²) in [6, 6.07) is 4.08. The predicted octanol–water partition coefficient (Wildman–Crippen LogP) is 2.35. The predicted molar refractivity (Wildman–Crippen MR) is 90.8 cm³/mol. The van der Waals surface area contributed by atoms with Crippen molar-refractivity contribution in [2.45, 2.75) is 52.2 Å². The average molecular weight is 306 g/mol. The normalized spacial score (nSPS) is 26.0. The third-order valence-corrected chi connectivity index (χ3v) is 4.64. The summed E-state index contributed by atoms with van der Waals surface area (Å²) >= 11 is 0. The fourth-order valence-electron chi connectivity index (χ4n) is 3.09. The van der Waals surface area contributed by atoms with Crippen molar-refractivity contribution in [1.82, 2.24) is 15.2 Å². The number of aliphatic hydroxyl groups excluding tert-OH is 1. The number of aromatic amines is 1. The van der Waals surface area contributed by atoms with Crippen molar-refractivity contribution >= 4 is 5.96 Å². The van der Waals surface area contributed by atoms with Crippen molar-refractivity contribution < 1.29 is 5.11 Å². The van der Waals surface area contributed by atoms with Crippen LogP contribution in [0.2, 0.25) is 0 Å². The van der Waals surface area contributed by atoms with E-state index in [9.17, 15) is 5.11 Å². The van der Waals surface area contributed by atoms with E-state index in [4.69, 9.17) is 4.99 Å². The van der Waals surface area contributed by atoms with Gasteiger partial charge >= 0.3 is 0 Å². The highest BCUT2D eigenvalue weighted by molar-refractivity contribution is 5.79. The van der Waals surface area contributed by atoms with E-state index in [0.717, 1.165) is 44.0 Å². The summed E-state index contributed by atoms with van der Waals surface area (Å²) in [6.07, 6.45) is 5.98. The van der Waals surface area contributed by atoms with E-state index in [1.165, 1.54) is 6.42 Å². The average Bonchev–Trinajstić information content (AvgIpc) is 2.99. The van der Waals surface area contributed by atoms with Gasteiger partial charge in [-0.1, -0.05) is 19.8 Å². The highest BCUT2D eigenvalue weighted by Crippen LogP contribution is 2.36. The second-order valence-electron chi connectivity index (χ2n) is 6.64. The van der Waals surface area contributed by atoms with Crippen LogP contribution in [0.1, 0.15) is 45.2 Å². The first-order valence-electron chi connectivity index (χ1n) is 8.35. The minimum atomic E-state index is -0.235. The number of aliphatic imine (C=N–C) groups is 1. The topological polar surface area (TPSA) is 63.7 Å². The van der Waals surface area contributed by atoms with Crippen molar-refractivity contribution in [1.29, 1.82) is 0 Å². The molecule has 0 spiro atoms. The Bertz CT molecular complexity index is 471. The van der Waals surface area contributed by atoms with Gasteiger partial charge in [-0.15, -0.1) is 0 Å². The highest BCUT2D eigenvalue weighted by atomic mass is 16.3. The molecule has 2 unspecified atom stereocenters. The van der Waals surface area contributed by atoms with Crippen LogP contribution in [0.25, 0.3) is 0 Å². The van der Waals surface area contributed by atoms with E-state index < -0.39 is 0 Å². The molecule has 1 aromatic heterocycles. The molecule has 1 aliphatic rings. The van der Waals surface area contributed by atoms with Crippen molar-refractivity contribution in [3.8, 4) is 0 Å². The summed E-state index contributed by atoms with van der Waals surface area (Å²) in [5, 5.41) is 13.7. The van der Waals surface area contributed by atoms with Gasteiger partial charge in [0.2, 0.25) is 0 Å². The molecule has 1 fully saturated rings. The Morgan fingerprint density at radius 3 is 3.00 bits per heavy atom. The molecule has 2 rings (SSSR count). The largest absolute Gasteiger partial charge is 0.392 e. The van der Waals surface area contributed by atoms with E-state index in [1.807, 2.05) is 19.3 Å². The minimum absolute atomic E-state index is 0.0911. The molecule has 0 aromatic carbocycles. The van der Waals surface area contributed by atoms with Crippen LogP contribution in [0, 0.1) is 5.41 Å². The van der Waals surface area contributed by atoms with Crippen LogP contribution in [0.4, 0.5) is 0 Å². The van der Waals surface area contributed by atoms with Gasteiger partial charge in [0.15, 0.2) is 5.96 Å². The van der Waals surface area contributed by atoms with Gasteiger partial charge in [-0.05, 0) is 31.9 Å². The molecule has 0 radical (unpaired) electrons. The Labute approximate surface area is 133 Å². The van der Waals surface area contributed by atoms with E-state index in [-0.39, 0.29) is 11.5 Å².